The monoisotopic (exact) mass is 226 g/mol. The van der Waals surface area contributed by atoms with E-state index in [-0.39, 0.29) is 12.5 Å². The maximum absolute atomic E-state index is 12.4. The highest BCUT2D eigenvalue weighted by atomic mass is 19.1. The zero-order valence-corrected chi connectivity index (χ0v) is 9.20. The molecule has 1 aromatic heterocycles. The molecule has 4 nitrogen and oxygen atoms in total. The zero-order chi connectivity index (χ0) is 11.8. The van der Waals surface area contributed by atoms with Crippen molar-refractivity contribution in [2.75, 3.05) is 13.2 Å². The van der Waals surface area contributed by atoms with Crippen LogP contribution in [0.5, 0.6) is 5.75 Å². The van der Waals surface area contributed by atoms with E-state index in [4.69, 9.17) is 4.74 Å². The Hall–Kier alpha value is -1.65. The fourth-order valence-electron chi connectivity index (χ4n) is 1.05. The first-order chi connectivity index (χ1) is 7.72. The van der Waals surface area contributed by atoms with Crippen LogP contribution in [0.3, 0.4) is 0 Å². The molecule has 0 saturated heterocycles. The van der Waals surface area contributed by atoms with Gasteiger partial charge in [0.05, 0.1) is 6.20 Å². The Morgan fingerprint density at radius 2 is 2.38 bits per heavy atom. The molecular formula is C11H15FN2O2. The second-order valence-electron chi connectivity index (χ2n) is 3.31. The number of unbranched alkanes of at least 4 members (excludes halogenated alkanes) is 1. The van der Waals surface area contributed by atoms with Crippen LogP contribution in [0.1, 0.15) is 19.8 Å². The molecule has 1 amide bonds. The third-order valence-corrected chi connectivity index (χ3v) is 1.92. The molecule has 0 aromatic carbocycles. The fraction of sp³-hybridized carbons (Fsp3) is 0.455. The van der Waals surface area contributed by atoms with Crippen molar-refractivity contribution in [3.63, 3.8) is 0 Å². The van der Waals surface area contributed by atoms with E-state index in [1.165, 1.54) is 18.3 Å². The number of nitrogens with zero attached hydrogens (tertiary/aromatic N) is 1. The Balaban J connectivity index is 2.23. The predicted octanol–water partition coefficient (Wildman–Crippen LogP) is 1.52. The Morgan fingerprint density at radius 3 is 3.00 bits per heavy atom. The number of rotatable bonds is 6. The van der Waals surface area contributed by atoms with E-state index in [9.17, 15) is 9.18 Å². The summed E-state index contributed by atoms with van der Waals surface area (Å²) in [4.78, 5) is 14.6. The normalized spacial score (nSPS) is 9.88. The molecule has 0 atom stereocenters. The van der Waals surface area contributed by atoms with Crippen LogP contribution in [0.2, 0.25) is 0 Å². The molecule has 0 aliphatic carbocycles. The minimum absolute atomic E-state index is 0.0724. The Morgan fingerprint density at radius 1 is 1.56 bits per heavy atom. The van der Waals surface area contributed by atoms with Gasteiger partial charge in [0.15, 0.2) is 6.61 Å². The molecule has 88 valence electrons. The van der Waals surface area contributed by atoms with Gasteiger partial charge < -0.3 is 10.1 Å². The summed E-state index contributed by atoms with van der Waals surface area (Å²) in [6, 6.07) is 2.62. The maximum atomic E-state index is 12.4. The van der Waals surface area contributed by atoms with Crippen LogP contribution < -0.4 is 10.1 Å². The van der Waals surface area contributed by atoms with Crippen LogP contribution in [0.4, 0.5) is 4.39 Å². The molecule has 1 N–H and O–H groups in total. The van der Waals surface area contributed by atoms with E-state index < -0.39 is 5.95 Å². The molecule has 0 radical (unpaired) electrons. The van der Waals surface area contributed by atoms with Crippen LogP contribution >= 0.6 is 0 Å². The number of nitrogens with one attached hydrogen (secondary N) is 1. The molecule has 0 spiro atoms. The SMILES string of the molecule is CCCCNC(=O)COc1ccc(F)nc1. The van der Waals surface area contributed by atoms with Crippen LogP contribution in [0, 0.1) is 5.95 Å². The lowest BCUT2D eigenvalue weighted by Crippen LogP contribution is -2.29. The topological polar surface area (TPSA) is 51.2 Å². The van der Waals surface area contributed by atoms with Crippen molar-refractivity contribution in [3.05, 3.63) is 24.3 Å². The second-order valence-corrected chi connectivity index (χ2v) is 3.31. The highest BCUT2D eigenvalue weighted by Crippen LogP contribution is 2.07. The number of pyridine rings is 1. The molecule has 1 heterocycles. The van der Waals surface area contributed by atoms with Gasteiger partial charge in [-0.3, -0.25) is 4.79 Å². The molecule has 16 heavy (non-hydrogen) atoms. The van der Waals surface area contributed by atoms with E-state index in [1.54, 1.807) is 0 Å². The quantitative estimate of drug-likeness (QED) is 0.591. The van der Waals surface area contributed by atoms with Gasteiger partial charge in [0.25, 0.3) is 5.91 Å². The molecule has 1 rings (SSSR count). The standard InChI is InChI=1S/C11H15FN2O2/c1-2-3-6-13-11(15)8-16-9-4-5-10(12)14-7-9/h4-5,7H,2-3,6,8H2,1H3,(H,13,15). The fourth-order valence-corrected chi connectivity index (χ4v) is 1.05. The van der Waals surface area contributed by atoms with Gasteiger partial charge in [0, 0.05) is 6.54 Å². The van der Waals surface area contributed by atoms with Crippen LogP contribution in [0.15, 0.2) is 18.3 Å². The van der Waals surface area contributed by atoms with Crippen LogP contribution in [0.25, 0.3) is 0 Å². The Bertz CT molecular complexity index is 327. The summed E-state index contributed by atoms with van der Waals surface area (Å²) in [7, 11) is 0. The van der Waals surface area contributed by atoms with Gasteiger partial charge in [-0.1, -0.05) is 13.3 Å². The maximum Gasteiger partial charge on any atom is 0.257 e. The smallest absolute Gasteiger partial charge is 0.257 e. The largest absolute Gasteiger partial charge is 0.482 e. The number of ether oxygens (including phenoxy) is 1. The first kappa shape index (κ1) is 12.4. The molecule has 0 aliphatic heterocycles. The number of hydrogen-bond donors (Lipinski definition) is 1. The van der Waals surface area contributed by atoms with E-state index in [1.807, 2.05) is 6.92 Å². The Labute approximate surface area is 93.8 Å². The molecule has 0 aliphatic rings. The summed E-state index contributed by atoms with van der Waals surface area (Å²) in [5, 5.41) is 2.71. The molecule has 1 aromatic rings. The summed E-state index contributed by atoms with van der Waals surface area (Å²) in [5.74, 6) is -0.371. The highest BCUT2D eigenvalue weighted by molar-refractivity contribution is 5.77. The third kappa shape index (κ3) is 4.72. The Kier molecular flexibility index (Phi) is 5.25. The van der Waals surface area contributed by atoms with E-state index in [2.05, 4.69) is 10.3 Å². The van der Waals surface area contributed by atoms with Gasteiger partial charge in [-0.05, 0) is 18.6 Å². The van der Waals surface area contributed by atoms with Crippen molar-refractivity contribution in [2.24, 2.45) is 0 Å². The number of carbonyl (C=O) groups excluding carboxylic acids is 1. The van der Waals surface area contributed by atoms with Gasteiger partial charge in [0.1, 0.15) is 5.75 Å². The minimum atomic E-state index is -0.570. The highest BCUT2D eigenvalue weighted by Gasteiger charge is 2.02. The molecule has 0 saturated carbocycles. The summed E-state index contributed by atoms with van der Waals surface area (Å²) >= 11 is 0. The van der Waals surface area contributed by atoms with Gasteiger partial charge in [0.2, 0.25) is 5.95 Å². The number of halogens is 1. The second kappa shape index (κ2) is 6.76. The lowest BCUT2D eigenvalue weighted by molar-refractivity contribution is -0.123. The summed E-state index contributed by atoms with van der Waals surface area (Å²) in [5.41, 5.74) is 0. The number of hydrogen-bond acceptors (Lipinski definition) is 3. The molecular weight excluding hydrogens is 211 g/mol. The van der Waals surface area contributed by atoms with Crippen molar-refractivity contribution >= 4 is 5.91 Å². The summed E-state index contributed by atoms with van der Waals surface area (Å²) in [6.45, 7) is 2.63. The van der Waals surface area contributed by atoms with Gasteiger partial charge in [-0.15, -0.1) is 0 Å². The van der Waals surface area contributed by atoms with Gasteiger partial charge in [-0.25, -0.2) is 4.98 Å². The average molecular weight is 226 g/mol. The third-order valence-electron chi connectivity index (χ3n) is 1.92. The van der Waals surface area contributed by atoms with E-state index >= 15 is 0 Å². The summed E-state index contributed by atoms with van der Waals surface area (Å²) in [6.07, 6.45) is 3.22. The van der Waals surface area contributed by atoms with Crippen molar-refractivity contribution in [2.45, 2.75) is 19.8 Å². The van der Waals surface area contributed by atoms with Crippen LogP contribution in [-0.2, 0) is 4.79 Å². The molecule has 5 heteroatoms. The van der Waals surface area contributed by atoms with Crippen LogP contribution in [-0.4, -0.2) is 24.0 Å². The zero-order valence-electron chi connectivity index (χ0n) is 9.20. The first-order valence-electron chi connectivity index (χ1n) is 5.23. The van der Waals surface area contributed by atoms with E-state index in [0.29, 0.717) is 12.3 Å². The molecule has 0 unspecified atom stereocenters. The number of amides is 1. The molecule has 0 fully saturated rings. The predicted molar refractivity (Wildman–Crippen MR) is 57.6 cm³/mol. The van der Waals surface area contributed by atoms with Gasteiger partial charge >= 0.3 is 0 Å². The first-order valence-corrected chi connectivity index (χ1v) is 5.23. The minimum Gasteiger partial charge on any atom is -0.482 e. The van der Waals surface area contributed by atoms with Crippen molar-refractivity contribution < 1.29 is 13.9 Å². The van der Waals surface area contributed by atoms with Crippen molar-refractivity contribution in [1.82, 2.24) is 10.3 Å². The van der Waals surface area contributed by atoms with Crippen molar-refractivity contribution in [3.8, 4) is 5.75 Å². The lowest BCUT2D eigenvalue weighted by Gasteiger charge is -2.06. The van der Waals surface area contributed by atoms with Crippen molar-refractivity contribution in [1.29, 1.82) is 0 Å². The molecule has 0 bridgehead atoms. The number of carbonyl (C=O) groups is 1. The average Bonchev–Trinajstić information content (AvgIpc) is 2.29. The van der Waals surface area contributed by atoms with E-state index in [0.717, 1.165) is 12.8 Å². The lowest BCUT2D eigenvalue weighted by atomic mass is 10.3. The number of aromatic nitrogens is 1. The van der Waals surface area contributed by atoms with Gasteiger partial charge in [-0.2, -0.15) is 4.39 Å². The summed E-state index contributed by atoms with van der Waals surface area (Å²) < 4.78 is 17.6.